The van der Waals surface area contributed by atoms with Crippen LogP contribution in [0.1, 0.15) is 33.1 Å². The van der Waals surface area contributed by atoms with Crippen LogP contribution in [0.4, 0.5) is 0 Å². The minimum absolute atomic E-state index is 0.173. The Morgan fingerprint density at radius 2 is 2.18 bits per heavy atom. The van der Waals surface area contributed by atoms with E-state index in [0.29, 0.717) is 0 Å². The summed E-state index contributed by atoms with van der Waals surface area (Å²) in [6, 6.07) is 0. The van der Waals surface area contributed by atoms with Crippen LogP contribution in [0.3, 0.4) is 0 Å². The van der Waals surface area contributed by atoms with Crippen LogP contribution < -0.4 is 0 Å². The molecule has 1 unspecified atom stereocenters. The summed E-state index contributed by atoms with van der Waals surface area (Å²) in [5, 5.41) is 0. The van der Waals surface area contributed by atoms with Crippen molar-refractivity contribution >= 4 is 0 Å². The molecule has 1 heterocycles. The number of hydrogen-bond acceptors (Lipinski definition) is 2. The molecule has 11 heavy (non-hydrogen) atoms. The van der Waals surface area contributed by atoms with Gasteiger partial charge < -0.3 is 9.47 Å². The summed E-state index contributed by atoms with van der Waals surface area (Å²) in [6.07, 6.45) is 3.45. The highest BCUT2D eigenvalue weighted by Gasteiger charge is 2.38. The predicted molar refractivity (Wildman–Crippen MR) is 44.7 cm³/mol. The fourth-order valence-corrected chi connectivity index (χ4v) is 0.904. The lowest BCUT2D eigenvalue weighted by Gasteiger charge is -2.05. The van der Waals surface area contributed by atoms with Gasteiger partial charge >= 0.3 is 0 Å². The monoisotopic (exact) mass is 158 g/mol. The highest BCUT2D eigenvalue weighted by molar-refractivity contribution is 4.86. The maximum absolute atomic E-state index is 5.41. The van der Waals surface area contributed by atoms with Crippen LogP contribution in [0.5, 0.6) is 0 Å². The van der Waals surface area contributed by atoms with Crippen LogP contribution in [-0.2, 0) is 9.47 Å². The van der Waals surface area contributed by atoms with E-state index in [1.54, 1.807) is 0 Å². The molecule has 2 nitrogen and oxygen atoms in total. The first-order valence-corrected chi connectivity index (χ1v) is 4.48. The molecule has 0 saturated carbocycles. The summed E-state index contributed by atoms with van der Waals surface area (Å²) in [5.74, 6) is 0. The van der Waals surface area contributed by atoms with Crippen LogP contribution in [0, 0.1) is 0 Å². The number of rotatable bonds is 6. The number of unbranched alkanes of at least 4 members (excludes halogenated alkanes) is 1. The molecule has 1 fully saturated rings. The Labute approximate surface area is 68.9 Å². The van der Waals surface area contributed by atoms with Gasteiger partial charge in [0.15, 0.2) is 0 Å². The van der Waals surface area contributed by atoms with Gasteiger partial charge in [0.1, 0.15) is 0 Å². The zero-order chi connectivity index (χ0) is 8.16. The zero-order valence-electron chi connectivity index (χ0n) is 7.56. The fraction of sp³-hybridized carbons (Fsp3) is 1.00. The lowest BCUT2D eigenvalue weighted by Crippen LogP contribution is -2.09. The van der Waals surface area contributed by atoms with Gasteiger partial charge in [-0.05, 0) is 13.3 Å². The number of epoxide rings is 1. The molecule has 0 aromatic carbocycles. The van der Waals surface area contributed by atoms with E-state index in [2.05, 4.69) is 13.8 Å². The van der Waals surface area contributed by atoms with Crippen LogP contribution in [0.15, 0.2) is 0 Å². The molecule has 0 spiro atoms. The van der Waals surface area contributed by atoms with Crippen LogP contribution in [0.2, 0.25) is 0 Å². The maximum atomic E-state index is 5.41. The molecule has 0 aromatic rings. The first-order valence-electron chi connectivity index (χ1n) is 4.48. The molecule has 1 saturated heterocycles. The lowest BCUT2D eigenvalue weighted by atomic mass is 10.1. The highest BCUT2D eigenvalue weighted by atomic mass is 16.6. The highest BCUT2D eigenvalue weighted by Crippen LogP contribution is 2.29. The lowest BCUT2D eigenvalue weighted by molar-refractivity contribution is 0.111. The topological polar surface area (TPSA) is 21.8 Å². The third kappa shape index (κ3) is 3.73. The summed E-state index contributed by atoms with van der Waals surface area (Å²) >= 11 is 0. The number of hydrogen-bond donors (Lipinski definition) is 0. The fourth-order valence-electron chi connectivity index (χ4n) is 0.904. The van der Waals surface area contributed by atoms with E-state index in [1.807, 2.05) is 0 Å². The largest absolute Gasteiger partial charge is 0.381 e. The van der Waals surface area contributed by atoms with Crippen molar-refractivity contribution in [3.05, 3.63) is 0 Å². The van der Waals surface area contributed by atoms with Gasteiger partial charge in [0, 0.05) is 19.6 Å². The Bertz CT molecular complexity index is 108. The Balaban J connectivity index is 1.81. The van der Waals surface area contributed by atoms with Crippen molar-refractivity contribution in [2.24, 2.45) is 0 Å². The van der Waals surface area contributed by atoms with Crippen LogP contribution in [-0.4, -0.2) is 25.4 Å². The molecular weight excluding hydrogens is 140 g/mol. The molecule has 0 N–H and O–H groups in total. The van der Waals surface area contributed by atoms with Crippen molar-refractivity contribution in [3.63, 3.8) is 0 Å². The third-order valence-corrected chi connectivity index (χ3v) is 2.05. The van der Waals surface area contributed by atoms with E-state index < -0.39 is 0 Å². The first-order chi connectivity index (χ1) is 5.27. The van der Waals surface area contributed by atoms with Gasteiger partial charge in [0.05, 0.1) is 12.2 Å². The normalized spacial score (nSPS) is 28.9. The molecular formula is C9H18O2. The predicted octanol–water partition coefficient (Wildman–Crippen LogP) is 1.98. The average Bonchev–Trinajstić information content (AvgIpc) is 2.69. The van der Waals surface area contributed by atoms with E-state index in [0.717, 1.165) is 26.2 Å². The molecule has 0 radical (unpaired) electrons. The zero-order valence-corrected chi connectivity index (χ0v) is 7.56. The van der Waals surface area contributed by atoms with E-state index >= 15 is 0 Å². The Hall–Kier alpha value is -0.0800. The molecule has 2 heteroatoms. The molecule has 1 rings (SSSR count). The summed E-state index contributed by atoms with van der Waals surface area (Å²) in [6.45, 7) is 7.00. The van der Waals surface area contributed by atoms with Crippen LogP contribution >= 0.6 is 0 Å². The maximum Gasteiger partial charge on any atom is 0.0910 e. The van der Waals surface area contributed by atoms with Gasteiger partial charge in [0.25, 0.3) is 0 Å². The van der Waals surface area contributed by atoms with Crippen molar-refractivity contribution < 1.29 is 9.47 Å². The summed E-state index contributed by atoms with van der Waals surface area (Å²) < 4.78 is 10.6. The Morgan fingerprint density at radius 1 is 1.45 bits per heavy atom. The van der Waals surface area contributed by atoms with E-state index in [4.69, 9.17) is 9.47 Å². The Kier molecular flexibility index (Phi) is 3.34. The molecule has 0 amide bonds. The van der Waals surface area contributed by atoms with Gasteiger partial charge in [-0.25, -0.2) is 0 Å². The minimum Gasteiger partial charge on any atom is -0.381 e. The summed E-state index contributed by atoms with van der Waals surface area (Å²) in [4.78, 5) is 0. The van der Waals surface area contributed by atoms with Gasteiger partial charge in [-0.3, -0.25) is 0 Å². The molecule has 1 atom stereocenters. The van der Waals surface area contributed by atoms with Crippen molar-refractivity contribution in [2.75, 3.05) is 19.8 Å². The summed E-state index contributed by atoms with van der Waals surface area (Å²) in [7, 11) is 0. The first kappa shape index (κ1) is 9.01. The quantitative estimate of drug-likeness (QED) is 0.435. The van der Waals surface area contributed by atoms with E-state index in [1.165, 1.54) is 12.8 Å². The molecule has 0 aliphatic carbocycles. The average molecular weight is 158 g/mol. The Morgan fingerprint density at radius 3 is 2.73 bits per heavy atom. The molecule has 0 aromatic heterocycles. The van der Waals surface area contributed by atoms with Gasteiger partial charge in [0.2, 0.25) is 0 Å². The third-order valence-electron chi connectivity index (χ3n) is 2.05. The second-order valence-electron chi connectivity index (χ2n) is 3.45. The SMILES string of the molecule is CCCCOCCC1(C)CO1. The standard InChI is InChI=1S/C9H18O2/c1-3-4-6-10-7-5-9(2)8-11-9/h3-8H2,1-2H3. The molecule has 66 valence electrons. The smallest absolute Gasteiger partial charge is 0.0910 e. The van der Waals surface area contributed by atoms with Crippen molar-refractivity contribution in [3.8, 4) is 0 Å². The van der Waals surface area contributed by atoms with Gasteiger partial charge in [-0.2, -0.15) is 0 Å². The second kappa shape index (κ2) is 4.07. The number of ether oxygens (including phenoxy) is 2. The second-order valence-corrected chi connectivity index (χ2v) is 3.45. The summed E-state index contributed by atoms with van der Waals surface area (Å²) in [5.41, 5.74) is 0.173. The van der Waals surface area contributed by atoms with Gasteiger partial charge in [-0.15, -0.1) is 0 Å². The van der Waals surface area contributed by atoms with E-state index in [-0.39, 0.29) is 5.60 Å². The minimum atomic E-state index is 0.173. The molecule has 0 bridgehead atoms. The van der Waals surface area contributed by atoms with Crippen molar-refractivity contribution in [1.82, 2.24) is 0 Å². The molecule has 1 aliphatic rings. The molecule has 1 aliphatic heterocycles. The van der Waals surface area contributed by atoms with E-state index in [9.17, 15) is 0 Å². The van der Waals surface area contributed by atoms with Crippen LogP contribution in [0.25, 0.3) is 0 Å². The van der Waals surface area contributed by atoms with Crippen molar-refractivity contribution in [2.45, 2.75) is 38.7 Å². The van der Waals surface area contributed by atoms with Gasteiger partial charge in [-0.1, -0.05) is 13.3 Å². The van der Waals surface area contributed by atoms with Crippen molar-refractivity contribution in [1.29, 1.82) is 0 Å².